The molecule has 0 atom stereocenters. The van der Waals surface area contributed by atoms with Crippen molar-refractivity contribution in [1.29, 1.82) is 0 Å². The van der Waals surface area contributed by atoms with E-state index >= 15 is 0 Å². The van der Waals surface area contributed by atoms with Crippen molar-refractivity contribution in [3.63, 3.8) is 0 Å². The van der Waals surface area contributed by atoms with Gasteiger partial charge in [0, 0.05) is 0 Å². The maximum atomic E-state index is 2.38. The van der Waals surface area contributed by atoms with Crippen molar-refractivity contribution in [1.82, 2.24) is 0 Å². The van der Waals surface area contributed by atoms with E-state index in [1.165, 1.54) is 110 Å². The minimum atomic E-state index is -0.427. The molecule has 12 rings (SSSR count). The first-order valence-electron chi connectivity index (χ1n) is 21.9. The molecule has 0 fully saturated rings. The normalized spacial score (nSPS) is 12.8. The van der Waals surface area contributed by atoms with Gasteiger partial charge in [-0.05, 0) is 110 Å². The Morgan fingerprint density at radius 2 is 0.683 bits per heavy atom. The maximum absolute atomic E-state index is 2.38. The smallest absolute Gasteiger partial charge is 0.0622 e. The predicted octanol–water partition coefficient (Wildman–Crippen LogP) is 16.7. The molecule has 63 heavy (non-hydrogen) atoms. The van der Waals surface area contributed by atoms with Crippen LogP contribution in [0.25, 0.3) is 89.0 Å². The summed E-state index contributed by atoms with van der Waals surface area (Å²) in [5, 5.41) is 7.53. The van der Waals surface area contributed by atoms with Crippen molar-refractivity contribution in [3.05, 3.63) is 276 Å². The quantitative estimate of drug-likeness (QED) is 0.111. The van der Waals surface area contributed by atoms with Crippen molar-refractivity contribution in [2.75, 3.05) is 0 Å². The molecule has 1 aliphatic rings. The summed E-state index contributed by atoms with van der Waals surface area (Å²) in [5.41, 5.74) is 17.2. The average molecular weight is 799 g/mol. The molecule has 0 saturated heterocycles. The summed E-state index contributed by atoms with van der Waals surface area (Å²) < 4.78 is 0. The fraction of sp³-hybridized carbons (Fsp3) is 0.0159. The van der Waals surface area contributed by atoms with E-state index in [1.54, 1.807) is 0 Å². The average Bonchev–Trinajstić information content (AvgIpc) is 3.67. The van der Waals surface area contributed by atoms with Crippen molar-refractivity contribution < 1.29 is 0 Å². The molecule has 0 nitrogen and oxygen atoms in total. The molecule has 11 aromatic rings. The summed E-state index contributed by atoms with van der Waals surface area (Å²) >= 11 is 0. The Bertz CT molecular complexity index is 3420. The van der Waals surface area contributed by atoms with Crippen molar-refractivity contribution in [3.8, 4) is 44.5 Å². The second kappa shape index (κ2) is 15.1. The highest BCUT2D eigenvalue weighted by Gasteiger charge is 2.45. The zero-order chi connectivity index (χ0) is 41.7. The van der Waals surface area contributed by atoms with E-state index in [2.05, 4.69) is 255 Å². The van der Waals surface area contributed by atoms with Gasteiger partial charge >= 0.3 is 0 Å². The van der Waals surface area contributed by atoms with Gasteiger partial charge in [0.15, 0.2) is 0 Å². The van der Waals surface area contributed by atoms with Crippen LogP contribution in [0.15, 0.2) is 243 Å². The lowest BCUT2D eigenvalue weighted by Crippen LogP contribution is -2.28. The molecule has 0 heteroatoms. The second-order valence-corrected chi connectivity index (χ2v) is 16.7. The molecule has 0 spiro atoms. The molecular weight excluding hydrogens is 757 g/mol. The van der Waals surface area contributed by atoms with Crippen LogP contribution in [0.5, 0.6) is 0 Å². The Kier molecular flexibility index (Phi) is 8.83. The van der Waals surface area contributed by atoms with Gasteiger partial charge in [0.1, 0.15) is 0 Å². The molecule has 0 aromatic heterocycles. The summed E-state index contributed by atoms with van der Waals surface area (Å²) in [6.45, 7) is 0. The maximum Gasteiger partial charge on any atom is 0.0713 e. The summed E-state index contributed by atoms with van der Waals surface area (Å²) in [7, 11) is 0. The molecule has 0 saturated carbocycles. The fourth-order valence-corrected chi connectivity index (χ4v) is 10.6. The van der Waals surface area contributed by atoms with Gasteiger partial charge in [-0.15, -0.1) is 0 Å². The monoisotopic (exact) mass is 798 g/mol. The van der Waals surface area contributed by atoms with Gasteiger partial charge < -0.3 is 0 Å². The van der Waals surface area contributed by atoms with Crippen LogP contribution in [-0.2, 0) is 5.41 Å². The molecule has 0 amide bonds. The first-order chi connectivity index (χ1) is 31.3. The first-order valence-corrected chi connectivity index (χ1v) is 21.9. The molecule has 0 bridgehead atoms. The van der Waals surface area contributed by atoms with E-state index in [1.807, 2.05) is 0 Å². The molecule has 0 heterocycles. The van der Waals surface area contributed by atoms with Crippen LogP contribution in [0.4, 0.5) is 0 Å². The summed E-state index contributed by atoms with van der Waals surface area (Å²) in [6, 6.07) is 89.3. The standard InChI is InChI=1S/C63H42/c1-3-17-44(18-4-1)51-42-39-45(50-21-7-8-22-52(50)51)34-31-43-32-35-46(36-33-43)61-55-25-9-11-27-57(55)62(58-28-12-10-26-56(58)61)47-37-40-49(41-38-47)63(48-19-5-2-6-20-48)59-29-15-13-23-53(59)54-24-14-16-30-60(54)63/h1-42H. The third-order valence-corrected chi connectivity index (χ3v) is 13.4. The second-order valence-electron chi connectivity index (χ2n) is 16.7. The van der Waals surface area contributed by atoms with Crippen LogP contribution >= 0.6 is 0 Å². The van der Waals surface area contributed by atoms with Gasteiger partial charge in [0.25, 0.3) is 0 Å². The lowest BCUT2D eigenvalue weighted by Gasteiger charge is -2.34. The summed E-state index contributed by atoms with van der Waals surface area (Å²) in [5.74, 6) is 0. The molecular formula is C63H42. The van der Waals surface area contributed by atoms with E-state index in [0.29, 0.717) is 0 Å². The number of hydrogen-bond donors (Lipinski definition) is 0. The van der Waals surface area contributed by atoms with E-state index in [4.69, 9.17) is 0 Å². The van der Waals surface area contributed by atoms with Crippen LogP contribution in [0.2, 0.25) is 0 Å². The van der Waals surface area contributed by atoms with Gasteiger partial charge in [-0.1, -0.05) is 255 Å². The van der Waals surface area contributed by atoms with Crippen LogP contribution in [0, 0.1) is 0 Å². The SMILES string of the molecule is C(=Cc1ccc(-c2ccccc2)c2ccccc12)c1ccc(-c2c3ccccc3c(-c3ccc(C4(c5ccccc5)c5ccccc5-c5ccccc54)cc3)c3ccccc23)cc1. The van der Waals surface area contributed by atoms with Crippen molar-refractivity contribution in [2.45, 2.75) is 5.41 Å². The Morgan fingerprint density at radius 3 is 1.24 bits per heavy atom. The van der Waals surface area contributed by atoms with Gasteiger partial charge in [-0.3, -0.25) is 0 Å². The van der Waals surface area contributed by atoms with E-state index in [0.717, 1.165) is 0 Å². The minimum Gasteiger partial charge on any atom is -0.0622 e. The number of rotatable bonds is 7. The third kappa shape index (κ3) is 5.91. The van der Waals surface area contributed by atoms with Crippen LogP contribution in [-0.4, -0.2) is 0 Å². The van der Waals surface area contributed by atoms with Crippen molar-refractivity contribution in [2.24, 2.45) is 0 Å². The van der Waals surface area contributed by atoms with Crippen LogP contribution in [0.3, 0.4) is 0 Å². The minimum absolute atomic E-state index is 0.427. The largest absolute Gasteiger partial charge is 0.0713 e. The molecule has 0 aliphatic heterocycles. The predicted molar refractivity (Wildman–Crippen MR) is 268 cm³/mol. The highest BCUT2D eigenvalue weighted by atomic mass is 14.5. The molecule has 294 valence electrons. The Balaban J connectivity index is 0.944. The lowest BCUT2D eigenvalue weighted by atomic mass is 9.67. The molecule has 0 N–H and O–H groups in total. The zero-order valence-electron chi connectivity index (χ0n) is 34.7. The number of benzene rings is 11. The highest BCUT2D eigenvalue weighted by Crippen LogP contribution is 2.56. The summed E-state index contributed by atoms with van der Waals surface area (Å²) in [6.07, 6.45) is 4.49. The number of fused-ring (bicyclic) bond motifs is 6. The van der Waals surface area contributed by atoms with E-state index in [9.17, 15) is 0 Å². The highest BCUT2D eigenvalue weighted by molar-refractivity contribution is 6.21. The molecule has 0 unspecified atom stereocenters. The Hall–Kier alpha value is -8.06. The summed E-state index contributed by atoms with van der Waals surface area (Å²) in [4.78, 5) is 0. The number of hydrogen-bond acceptors (Lipinski definition) is 0. The molecule has 11 aromatic carbocycles. The van der Waals surface area contributed by atoms with Gasteiger partial charge in [0.2, 0.25) is 0 Å². The third-order valence-electron chi connectivity index (χ3n) is 13.4. The zero-order valence-corrected chi connectivity index (χ0v) is 34.7. The van der Waals surface area contributed by atoms with Gasteiger partial charge in [0.05, 0.1) is 5.41 Å². The van der Waals surface area contributed by atoms with Gasteiger partial charge in [-0.2, -0.15) is 0 Å². The van der Waals surface area contributed by atoms with E-state index < -0.39 is 5.41 Å². The fourth-order valence-electron chi connectivity index (χ4n) is 10.6. The molecule has 0 radical (unpaired) electrons. The Labute approximate surface area is 368 Å². The molecule has 1 aliphatic carbocycles. The topological polar surface area (TPSA) is 0 Å². The first kappa shape index (κ1) is 36.8. The van der Waals surface area contributed by atoms with Gasteiger partial charge in [-0.25, -0.2) is 0 Å². The van der Waals surface area contributed by atoms with Crippen LogP contribution < -0.4 is 0 Å². The van der Waals surface area contributed by atoms with E-state index in [-0.39, 0.29) is 0 Å². The Morgan fingerprint density at radius 1 is 0.254 bits per heavy atom. The van der Waals surface area contributed by atoms with Crippen molar-refractivity contribution >= 4 is 44.5 Å². The van der Waals surface area contributed by atoms with Crippen LogP contribution in [0.1, 0.15) is 33.4 Å². The lowest BCUT2D eigenvalue weighted by molar-refractivity contribution is 0.768.